The molecule has 2 aromatic rings. The molecule has 0 spiro atoms. The first-order valence-corrected chi connectivity index (χ1v) is 12.2. The third-order valence-electron chi connectivity index (χ3n) is 6.87. The summed E-state index contributed by atoms with van der Waals surface area (Å²) in [7, 11) is 0. The summed E-state index contributed by atoms with van der Waals surface area (Å²) in [5.74, 6) is -0.346. The van der Waals surface area contributed by atoms with Crippen LogP contribution in [0.4, 0.5) is 10.5 Å². The van der Waals surface area contributed by atoms with Crippen molar-refractivity contribution in [3.8, 4) is 0 Å². The molecule has 2 aliphatic heterocycles. The zero-order chi connectivity index (χ0) is 24.9. The summed E-state index contributed by atoms with van der Waals surface area (Å²) in [4.78, 5) is 42.3. The van der Waals surface area contributed by atoms with E-state index in [9.17, 15) is 14.4 Å². The van der Waals surface area contributed by atoms with E-state index < -0.39 is 0 Å². The van der Waals surface area contributed by atoms with Crippen molar-refractivity contribution < 1.29 is 23.9 Å². The SMILES string of the molecule is CCOC(=O)c1ccc(C)c(N(CC)CCN(C=O)CC2OC(=O)N3Cc4ccccc4CC23)c1. The Labute approximate surface area is 206 Å². The molecule has 0 saturated carbocycles. The van der Waals surface area contributed by atoms with Crippen LogP contribution >= 0.6 is 0 Å². The van der Waals surface area contributed by atoms with E-state index in [1.165, 1.54) is 5.56 Å². The fourth-order valence-electron chi connectivity index (χ4n) is 4.92. The highest BCUT2D eigenvalue weighted by molar-refractivity contribution is 5.91. The molecule has 2 atom stereocenters. The first kappa shape index (κ1) is 24.6. The van der Waals surface area contributed by atoms with E-state index in [1.807, 2.05) is 44.2 Å². The minimum atomic E-state index is -0.370. The number of carbonyl (C=O) groups excluding carboxylic acids is 3. The maximum atomic E-state index is 12.5. The molecule has 0 aromatic heterocycles. The Bertz CT molecular complexity index is 1090. The van der Waals surface area contributed by atoms with Crippen molar-refractivity contribution in [1.29, 1.82) is 0 Å². The first-order valence-electron chi connectivity index (χ1n) is 12.2. The van der Waals surface area contributed by atoms with Crippen LogP contribution in [0.25, 0.3) is 0 Å². The number of rotatable bonds is 10. The summed E-state index contributed by atoms with van der Waals surface area (Å²) in [6.07, 6.45) is 0.857. The molecule has 0 radical (unpaired) electrons. The van der Waals surface area contributed by atoms with E-state index in [4.69, 9.17) is 9.47 Å². The maximum absolute atomic E-state index is 12.5. The molecule has 2 amide bonds. The molecular weight excluding hydrogens is 446 g/mol. The summed E-state index contributed by atoms with van der Waals surface area (Å²) < 4.78 is 10.8. The maximum Gasteiger partial charge on any atom is 0.410 e. The third-order valence-corrected chi connectivity index (χ3v) is 6.87. The lowest BCUT2D eigenvalue weighted by molar-refractivity contribution is -0.119. The number of amides is 2. The number of benzene rings is 2. The number of likely N-dealkylation sites (N-methyl/N-ethyl adjacent to an activating group) is 1. The summed E-state index contributed by atoms with van der Waals surface area (Å²) >= 11 is 0. The van der Waals surface area contributed by atoms with Gasteiger partial charge in [0, 0.05) is 31.9 Å². The molecule has 1 saturated heterocycles. The van der Waals surface area contributed by atoms with E-state index in [0.29, 0.717) is 44.9 Å². The number of carbonyl (C=O) groups is 3. The summed E-state index contributed by atoms with van der Waals surface area (Å²) in [5, 5.41) is 0. The Morgan fingerprint density at radius 2 is 1.94 bits per heavy atom. The average molecular weight is 480 g/mol. The molecule has 0 N–H and O–H groups in total. The first-order chi connectivity index (χ1) is 16.9. The Hall–Kier alpha value is -3.55. The van der Waals surface area contributed by atoms with Crippen molar-refractivity contribution in [3.05, 3.63) is 64.7 Å². The largest absolute Gasteiger partial charge is 0.462 e. The van der Waals surface area contributed by atoms with Crippen LogP contribution in [0, 0.1) is 6.92 Å². The molecule has 1 fully saturated rings. The van der Waals surface area contributed by atoms with Gasteiger partial charge in [0.25, 0.3) is 0 Å². The van der Waals surface area contributed by atoms with Gasteiger partial charge >= 0.3 is 12.1 Å². The number of anilines is 1. The third kappa shape index (κ3) is 5.26. The Morgan fingerprint density at radius 3 is 2.66 bits per heavy atom. The van der Waals surface area contributed by atoms with Gasteiger partial charge in [-0.2, -0.15) is 0 Å². The number of esters is 1. The minimum absolute atomic E-state index is 0.0781. The number of cyclic esters (lactones) is 1. The number of aryl methyl sites for hydroxylation is 1. The monoisotopic (exact) mass is 479 g/mol. The van der Waals surface area contributed by atoms with Gasteiger partial charge in [0.1, 0.15) is 6.10 Å². The van der Waals surface area contributed by atoms with Gasteiger partial charge in [-0.05, 0) is 56.0 Å². The van der Waals surface area contributed by atoms with Gasteiger partial charge in [0.2, 0.25) is 6.41 Å². The molecule has 0 aliphatic carbocycles. The molecule has 8 nitrogen and oxygen atoms in total. The summed E-state index contributed by atoms with van der Waals surface area (Å²) in [6.45, 7) is 8.80. The average Bonchev–Trinajstić information content (AvgIpc) is 3.17. The van der Waals surface area contributed by atoms with Crippen LogP contribution in [-0.4, -0.2) is 73.2 Å². The van der Waals surface area contributed by atoms with Gasteiger partial charge in [-0.15, -0.1) is 0 Å². The van der Waals surface area contributed by atoms with Crippen molar-refractivity contribution in [1.82, 2.24) is 9.80 Å². The van der Waals surface area contributed by atoms with Crippen LogP contribution in [0.1, 0.15) is 40.9 Å². The highest BCUT2D eigenvalue weighted by atomic mass is 16.6. The number of hydrogen-bond donors (Lipinski definition) is 0. The topological polar surface area (TPSA) is 79.4 Å². The summed E-state index contributed by atoms with van der Waals surface area (Å²) in [6, 6.07) is 13.6. The molecule has 186 valence electrons. The van der Waals surface area contributed by atoms with Crippen LogP contribution in [0.3, 0.4) is 0 Å². The van der Waals surface area contributed by atoms with Gasteiger partial charge < -0.3 is 19.3 Å². The Balaban J connectivity index is 1.42. The lowest BCUT2D eigenvalue weighted by Crippen LogP contribution is -2.46. The molecular formula is C27H33N3O5. The van der Waals surface area contributed by atoms with Crippen molar-refractivity contribution in [3.63, 3.8) is 0 Å². The quantitative estimate of drug-likeness (QED) is 0.384. The van der Waals surface area contributed by atoms with Gasteiger partial charge in [-0.1, -0.05) is 30.3 Å². The van der Waals surface area contributed by atoms with Crippen molar-refractivity contribution in [2.75, 3.05) is 37.7 Å². The number of ether oxygens (including phenoxy) is 2. The van der Waals surface area contributed by atoms with E-state index in [1.54, 1.807) is 22.8 Å². The van der Waals surface area contributed by atoms with Crippen molar-refractivity contribution >= 4 is 24.2 Å². The molecule has 4 rings (SSSR count). The van der Waals surface area contributed by atoms with Crippen LogP contribution in [0.15, 0.2) is 42.5 Å². The van der Waals surface area contributed by atoms with Crippen molar-refractivity contribution in [2.45, 2.75) is 45.9 Å². The van der Waals surface area contributed by atoms with Gasteiger partial charge in [-0.3, -0.25) is 9.69 Å². The second-order valence-electron chi connectivity index (χ2n) is 8.99. The lowest BCUT2D eigenvalue weighted by atomic mass is 9.92. The van der Waals surface area contributed by atoms with Crippen molar-refractivity contribution in [2.24, 2.45) is 0 Å². The van der Waals surface area contributed by atoms with Crippen LogP contribution < -0.4 is 4.90 Å². The second kappa shape index (κ2) is 10.8. The highest BCUT2D eigenvalue weighted by Crippen LogP contribution is 2.31. The second-order valence-corrected chi connectivity index (χ2v) is 8.99. The molecule has 8 heteroatoms. The number of hydrogen-bond acceptors (Lipinski definition) is 6. The normalized spacial score (nSPS) is 18.4. The fraction of sp³-hybridized carbons (Fsp3) is 0.444. The zero-order valence-electron chi connectivity index (χ0n) is 20.6. The van der Waals surface area contributed by atoms with Crippen LogP contribution in [0.5, 0.6) is 0 Å². The molecule has 2 heterocycles. The van der Waals surface area contributed by atoms with E-state index in [-0.39, 0.29) is 24.2 Å². The predicted molar refractivity (Wildman–Crippen MR) is 132 cm³/mol. The predicted octanol–water partition coefficient (Wildman–Crippen LogP) is 3.40. The number of nitrogens with zero attached hydrogens (tertiary/aromatic N) is 3. The van der Waals surface area contributed by atoms with Gasteiger partial charge in [0.05, 0.1) is 24.8 Å². The standard InChI is InChI=1S/C27H33N3O5/c1-4-29(23-15-21(11-10-19(23)3)26(32)34-5-2)13-12-28(18-31)17-25-24-14-20-8-6-7-9-22(20)16-30(24)27(33)35-25/h6-11,15,18,24-25H,4-5,12-14,16-17H2,1-3H3. The van der Waals surface area contributed by atoms with Crippen LogP contribution in [-0.2, 0) is 27.2 Å². The van der Waals surface area contributed by atoms with E-state index >= 15 is 0 Å². The van der Waals surface area contributed by atoms with Crippen LogP contribution in [0.2, 0.25) is 0 Å². The highest BCUT2D eigenvalue weighted by Gasteiger charge is 2.44. The zero-order valence-corrected chi connectivity index (χ0v) is 20.6. The Kier molecular flexibility index (Phi) is 7.58. The van der Waals surface area contributed by atoms with E-state index in [0.717, 1.165) is 29.6 Å². The molecule has 35 heavy (non-hydrogen) atoms. The lowest BCUT2D eigenvalue weighted by Gasteiger charge is -2.33. The van der Waals surface area contributed by atoms with Gasteiger partial charge in [-0.25, -0.2) is 9.59 Å². The molecule has 2 unspecified atom stereocenters. The van der Waals surface area contributed by atoms with Gasteiger partial charge in [0.15, 0.2) is 0 Å². The Morgan fingerprint density at radius 1 is 1.17 bits per heavy atom. The molecule has 0 bridgehead atoms. The molecule has 2 aliphatic rings. The molecule has 2 aromatic carbocycles. The smallest absolute Gasteiger partial charge is 0.410 e. The minimum Gasteiger partial charge on any atom is -0.462 e. The number of fused-ring (bicyclic) bond motifs is 2. The fourth-order valence-corrected chi connectivity index (χ4v) is 4.92. The van der Waals surface area contributed by atoms with E-state index in [2.05, 4.69) is 11.0 Å². The summed E-state index contributed by atoms with van der Waals surface area (Å²) in [5.41, 5.74) is 4.86.